The number of likely N-dealkylation sites (tertiary alicyclic amines) is 1. The number of β-amino-alcohol motifs (C(OH)–C–C–N with tert-alkyl or cyclic N) is 1. The van der Waals surface area contributed by atoms with E-state index in [0.717, 1.165) is 12.7 Å². The highest BCUT2D eigenvalue weighted by Gasteiger charge is 2.37. The first-order valence-electron chi connectivity index (χ1n) is 5.19. The zero-order chi connectivity index (χ0) is 10.8. The molecule has 0 radical (unpaired) electrons. The van der Waals surface area contributed by atoms with Gasteiger partial charge in [-0.3, -0.25) is 4.90 Å². The van der Waals surface area contributed by atoms with Crippen molar-refractivity contribution in [1.29, 1.82) is 0 Å². The Bertz CT molecular complexity index is 205. The van der Waals surface area contributed by atoms with Crippen molar-refractivity contribution < 1.29 is 5.11 Å². The van der Waals surface area contributed by atoms with Crippen LogP contribution in [-0.4, -0.2) is 41.7 Å². The zero-order valence-corrected chi connectivity index (χ0v) is 9.23. The molecule has 1 rings (SSSR count). The van der Waals surface area contributed by atoms with Gasteiger partial charge < -0.3 is 5.11 Å². The van der Waals surface area contributed by atoms with Crippen LogP contribution in [0, 0.1) is 4.91 Å². The van der Waals surface area contributed by atoms with E-state index >= 15 is 0 Å². The van der Waals surface area contributed by atoms with Gasteiger partial charge in [-0.15, -0.1) is 5.09 Å². The molecule has 1 aliphatic rings. The van der Waals surface area contributed by atoms with Gasteiger partial charge in [0.1, 0.15) is 0 Å². The summed E-state index contributed by atoms with van der Waals surface area (Å²) in [7, 11) is 0.351. The molecule has 0 spiro atoms. The summed E-state index contributed by atoms with van der Waals surface area (Å²) in [6, 6.07) is 0.308. The Morgan fingerprint density at radius 3 is 2.71 bits per heavy atom. The Balaban J connectivity index is 2.58. The molecule has 1 N–H and O–H groups in total. The monoisotopic (exact) mass is 198 g/mol. The fraction of sp³-hybridized carbons (Fsp3) is 1.00. The number of nitroso groups, excluding NO2 is 1. The van der Waals surface area contributed by atoms with Gasteiger partial charge >= 0.3 is 7.41 Å². The normalized spacial score (nSPS) is 29.1. The van der Waals surface area contributed by atoms with Gasteiger partial charge in [0.15, 0.2) is 0 Å². The quantitative estimate of drug-likeness (QED) is 0.537. The van der Waals surface area contributed by atoms with E-state index < -0.39 is 0 Å². The standard InChI is InChI=1S/C9H19BN2O2/c1-9(2,3)12-6-8(13)4-7(12)5-10-11-14/h7-8,10,13H,4-6H2,1-3H3. The Hall–Kier alpha value is -0.415. The highest BCUT2D eigenvalue weighted by Crippen LogP contribution is 2.28. The number of aliphatic hydroxyl groups excluding tert-OH is 1. The summed E-state index contributed by atoms with van der Waals surface area (Å²) < 4.78 is 0. The van der Waals surface area contributed by atoms with E-state index in [0.29, 0.717) is 20.0 Å². The zero-order valence-electron chi connectivity index (χ0n) is 9.23. The number of rotatable bonds is 3. The molecule has 0 aromatic heterocycles. The average Bonchev–Trinajstić information content (AvgIpc) is 2.42. The van der Waals surface area contributed by atoms with E-state index in [1.165, 1.54) is 0 Å². The van der Waals surface area contributed by atoms with Crippen LogP contribution in [0.4, 0.5) is 0 Å². The van der Waals surface area contributed by atoms with Crippen molar-refractivity contribution in [2.45, 2.75) is 51.2 Å². The van der Waals surface area contributed by atoms with Gasteiger partial charge in [-0.05, 0) is 33.5 Å². The summed E-state index contributed by atoms with van der Waals surface area (Å²) in [5.74, 6) is 0. The van der Waals surface area contributed by atoms with Crippen molar-refractivity contribution in [3.63, 3.8) is 0 Å². The molecule has 4 nitrogen and oxygen atoms in total. The number of nitrogens with zero attached hydrogens (tertiary/aromatic N) is 2. The maximum Gasteiger partial charge on any atom is 0.321 e. The minimum absolute atomic E-state index is 0.0605. The van der Waals surface area contributed by atoms with Crippen molar-refractivity contribution in [1.82, 2.24) is 4.90 Å². The van der Waals surface area contributed by atoms with E-state index in [1.54, 1.807) is 0 Å². The van der Waals surface area contributed by atoms with Gasteiger partial charge in [-0.1, -0.05) is 0 Å². The van der Waals surface area contributed by atoms with E-state index in [4.69, 9.17) is 0 Å². The van der Waals surface area contributed by atoms with Gasteiger partial charge in [-0.25, -0.2) is 0 Å². The number of hydrogen-bond donors (Lipinski definition) is 1. The third-order valence-corrected chi connectivity index (χ3v) is 2.81. The minimum atomic E-state index is -0.245. The van der Waals surface area contributed by atoms with Crippen LogP contribution >= 0.6 is 0 Å². The third-order valence-electron chi connectivity index (χ3n) is 2.81. The smallest absolute Gasteiger partial charge is 0.321 e. The Morgan fingerprint density at radius 2 is 2.21 bits per heavy atom. The third kappa shape index (κ3) is 2.79. The highest BCUT2D eigenvalue weighted by molar-refractivity contribution is 6.33. The largest absolute Gasteiger partial charge is 0.392 e. The van der Waals surface area contributed by atoms with Crippen LogP contribution in [0.3, 0.4) is 0 Å². The molecule has 80 valence electrons. The molecule has 0 aliphatic carbocycles. The van der Waals surface area contributed by atoms with Gasteiger partial charge in [0, 0.05) is 18.1 Å². The lowest BCUT2D eigenvalue weighted by Crippen LogP contribution is -2.45. The fourth-order valence-corrected chi connectivity index (χ4v) is 2.19. The summed E-state index contributed by atoms with van der Waals surface area (Å²) in [6.45, 7) is 7.11. The van der Waals surface area contributed by atoms with E-state index in [-0.39, 0.29) is 11.6 Å². The molecule has 1 heterocycles. The second-order valence-electron chi connectivity index (χ2n) is 5.01. The van der Waals surface area contributed by atoms with Crippen LogP contribution in [0.1, 0.15) is 27.2 Å². The Labute approximate surface area is 85.9 Å². The summed E-state index contributed by atoms with van der Waals surface area (Å²) in [5.41, 5.74) is 0.0605. The molecular formula is C9H19BN2O2. The number of aliphatic hydroxyl groups is 1. The van der Waals surface area contributed by atoms with Gasteiger partial charge in [-0.2, -0.15) is 4.91 Å². The molecule has 0 bridgehead atoms. The first-order chi connectivity index (χ1) is 6.45. The topological polar surface area (TPSA) is 52.9 Å². The molecule has 0 aromatic carbocycles. The predicted octanol–water partition coefficient (Wildman–Crippen LogP) is 0.756. The van der Waals surface area contributed by atoms with Crippen LogP contribution in [0.15, 0.2) is 5.09 Å². The molecule has 1 saturated heterocycles. The van der Waals surface area contributed by atoms with E-state index in [1.807, 2.05) is 0 Å². The first kappa shape index (κ1) is 11.7. The van der Waals surface area contributed by atoms with Crippen molar-refractivity contribution in [2.75, 3.05) is 6.54 Å². The fourth-order valence-electron chi connectivity index (χ4n) is 2.19. The SMILES string of the molecule is CC(C)(C)N1CC(O)CC1CBN=O. The molecule has 0 amide bonds. The van der Waals surface area contributed by atoms with Crippen molar-refractivity contribution in [3.8, 4) is 0 Å². The van der Waals surface area contributed by atoms with Gasteiger partial charge in [0.2, 0.25) is 0 Å². The van der Waals surface area contributed by atoms with Crippen molar-refractivity contribution >= 4 is 7.41 Å². The minimum Gasteiger partial charge on any atom is -0.392 e. The van der Waals surface area contributed by atoms with Crippen LogP contribution < -0.4 is 0 Å². The lowest BCUT2D eigenvalue weighted by atomic mass is 9.84. The van der Waals surface area contributed by atoms with Crippen molar-refractivity contribution in [3.05, 3.63) is 4.91 Å². The summed E-state index contributed by atoms with van der Waals surface area (Å²) >= 11 is 0. The molecule has 14 heavy (non-hydrogen) atoms. The lowest BCUT2D eigenvalue weighted by Gasteiger charge is -2.36. The van der Waals surface area contributed by atoms with Crippen LogP contribution in [-0.2, 0) is 0 Å². The van der Waals surface area contributed by atoms with E-state index in [9.17, 15) is 10.0 Å². The summed E-state index contributed by atoms with van der Waals surface area (Å²) in [4.78, 5) is 12.3. The van der Waals surface area contributed by atoms with E-state index in [2.05, 4.69) is 30.8 Å². The Morgan fingerprint density at radius 1 is 1.57 bits per heavy atom. The molecule has 2 atom stereocenters. The molecule has 0 aromatic rings. The second-order valence-corrected chi connectivity index (χ2v) is 5.01. The van der Waals surface area contributed by atoms with Crippen LogP contribution in [0.25, 0.3) is 0 Å². The average molecular weight is 198 g/mol. The molecule has 1 fully saturated rings. The van der Waals surface area contributed by atoms with Crippen LogP contribution in [0.5, 0.6) is 0 Å². The maximum absolute atomic E-state index is 10.1. The lowest BCUT2D eigenvalue weighted by molar-refractivity contribution is 0.109. The highest BCUT2D eigenvalue weighted by atomic mass is 16.3. The second kappa shape index (κ2) is 4.40. The molecule has 2 unspecified atom stereocenters. The molecule has 1 aliphatic heterocycles. The predicted molar refractivity (Wildman–Crippen MR) is 58.6 cm³/mol. The van der Waals surface area contributed by atoms with Crippen molar-refractivity contribution in [2.24, 2.45) is 5.09 Å². The maximum atomic E-state index is 10.1. The molecule has 5 heteroatoms. The number of hydrogen-bond acceptors (Lipinski definition) is 4. The van der Waals surface area contributed by atoms with Crippen LogP contribution in [0.2, 0.25) is 6.32 Å². The van der Waals surface area contributed by atoms with Gasteiger partial charge in [0.05, 0.1) is 6.10 Å². The van der Waals surface area contributed by atoms with Gasteiger partial charge in [0.25, 0.3) is 0 Å². The molecule has 0 saturated carbocycles. The first-order valence-corrected chi connectivity index (χ1v) is 5.19. The Kier molecular flexibility index (Phi) is 3.67. The summed E-state index contributed by atoms with van der Waals surface area (Å²) in [5, 5.41) is 12.5. The summed E-state index contributed by atoms with van der Waals surface area (Å²) in [6.07, 6.45) is 1.29. The molecular weight excluding hydrogens is 179 g/mol.